The van der Waals surface area contributed by atoms with Gasteiger partial charge in [0.05, 0.1) is 17.2 Å². The number of nitrogens with zero attached hydrogens (tertiary/aromatic N) is 1. The maximum atomic E-state index is 12.0. The SMILES string of the molecule is [2H]n1cnc2ccc(C(OCO)c3ccccc3)cc2c1=O. The summed E-state index contributed by atoms with van der Waals surface area (Å²) in [6, 6.07) is 14.6. The first-order chi connectivity index (χ1) is 10.7. The maximum absolute atomic E-state index is 12.0. The molecular formula is C16H14N2O3. The van der Waals surface area contributed by atoms with E-state index in [0.717, 1.165) is 11.1 Å². The maximum Gasteiger partial charge on any atom is 0.258 e. The molecule has 21 heavy (non-hydrogen) atoms. The summed E-state index contributed by atoms with van der Waals surface area (Å²) in [5.41, 5.74) is 1.67. The second-order valence-electron chi connectivity index (χ2n) is 4.54. The van der Waals surface area contributed by atoms with Crippen LogP contribution in [0.15, 0.2) is 59.7 Å². The first kappa shape index (κ1) is 12.3. The van der Waals surface area contributed by atoms with Gasteiger partial charge in [-0.05, 0) is 23.3 Å². The lowest BCUT2D eigenvalue weighted by Crippen LogP contribution is -2.10. The molecule has 0 radical (unpaired) electrons. The first-order valence-electron chi connectivity index (χ1n) is 6.93. The third-order valence-corrected chi connectivity index (χ3v) is 3.27. The Labute approximate surface area is 122 Å². The highest BCUT2D eigenvalue weighted by atomic mass is 16.6. The van der Waals surface area contributed by atoms with Gasteiger partial charge in [0.2, 0.25) is 0 Å². The van der Waals surface area contributed by atoms with Crippen LogP contribution in [-0.4, -0.2) is 21.9 Å². The van der Waals surface area contributed by atoms with Crippen molar-refractivity contribution >= 4 is 10.9 Å². The summed E-state index contributed by atoms with van der Waals surface area (Å²) in [7, 11) is 0. The van der Waals surface area contributed by atoms with Gasteiger partial charge in [0.15, 0.2) is 1.41 Å². The topological polar surface area (TPSA) is 75.2 Å². The van der Waals surface area contributed by atoms with E-state index >= 15 is 0 Å². The predicted molar refractivity (Wildman–Crippen MR) is 78.8 cm³/mol. The fraction of sp³-hybridized carbons (Fsp3) is 0.125. The predicted octanol–water partition coefficient (Wildman–Crippen LogP) is 1.98. The zero-order valence-electron chi connectivity index (χ0n) is 12.1. The van der Waals surface area contributed by atoms with Gasteiger partial charge in [-0.1, -0.05) is 36.4 Å². The fourth-order valence-corrected chi connectivity index (χ4v) is 2.30. The molecule has 0 fully saturated rings. The molecule has 0 aliphatic carbocycles. The number of fused-ring (bicyclic) bond motifs is 1. The second kappa shape index (κ2) is 5.87. The monoisotopic (exact) mass is 283 g/mol. The number of aromatic amines is 1. The van der Waals surface area contributed by atoms with Crippen LogP contribution in [0.4, 0.5) is 0 Å². The first-order valence-corrected chi connectivity index (χ1v) is 6.48. The van der Waals surface area contributed by atoms with E-state index in [2.05, 4.69) is 4.98 Å². The summed E-state index contributed by atoms with van der Waals surface area (Å²) in [4.78, 5) is 16.8. The van der Waals surface area contributed by atoms with Crippen molar-refractivity contribution in [3.8, 4) is 0 Å². The highest BCUT2D eigenvalue weighted by Crippen LogP contribution is 2.27. The van der Waals surface area contributed by atoms with Crippen LogP contribution in [0, 0.1) is 0 Å². The number of benzene rings is 2. The molecule has 5 nitrogen and oxygen atoms in total. The molecule has 0 aliphatic heterocycles. The number of nitrogens with one attached hydrogen (secondary N) is 1. The van der Waals surface area contributed by atoms with Crippen LogP contribution in [-0.2, 0) is 4.74 Å². The number of H-pyrrole nitrogens is 1. The van der Waals surface area contributed by atoms with Crippen molar-refractivity contribution < 1.29 is 11.3 Å². The Bertz CT molecular complexity index is 849. The number of hydrogen-bond donors (Lipinski definition) is 2. The smallest absolute Gasteiger partial charge is 0.258 e. The Morgan fingerprint density at radius 3 is 2.81 bits per heavy atom. The summed E-state index contributed by atoms with van der Waals surface area (Å²) < 4.78 is 12.9. The molecule has 106 valence electrons. The van der Waals surface area contributed by atoms with Gasteiger partial charge in [0.25, 0.3) is 5.56 Å². The van der Waals surface area contributed by atoms with E-state index in [9.17, 15) is 4.79 Å². The van der Waals surface area contributed by atoms with Crippen LogP contribution in [0.25, 0.3) is 10.9 Å². The van der Waals surface area contributed by atoms with E-state index in [0.29, 0.717) is 15.9 Å². The summed E-state index contributed by atoms with van der Waals surface area (Å²) in [6.07, 6.45) is 0.679. The van der Waals surface area contributed by atoms with Gasteiger partial charge < -0.3 is 14.8 Å². The zero-order valence-corrected chi connectivity index (χ0v) is 11.1. The van der Waals surface area contributed by atoms with Crippen molar-refractivity contribution in [2.45, 2.75) is 6.10 Å². The molecule has 1 heterocycles. The van der Waals surface area contributed by atoms with E-state index in [4.69, 9.17) is 11.3 Å². The molecule has 2 N–H and O–H groups in total. The highest BCUT2D eigenvalue weighted by molar-refractivity contribution is 5.78. The van der Waals surface area contributed by atoms with Gasteiger partial charge in [0.1, 0.15) is 12.9 Å². The van der Waals surface area contributed by atoms with E-state index in [1.165, 1.54) is 6.33 Å². The minimum atomic E-state index is -0.491. The third kappa shape index (κ3) is 2.69. The van der Waals surface area contributed by atoms with Crippen molar-refractivity contribution in [3.63, 3.8) is 0 Å². The van der Waals surface area contributed by atoms with Gasteiger partial charge in [-0.3, -0.25) is 4.79 Å². The van der Waals surface area contributed by atoms with Crippen LogP contribution in [0.3, 0.4) is 0 Å². The molecule has 0 bridgehead atoms. The largest absolute Gasteiger partial charge is 0.371 e. The van der Waals surface area contributed by atoms with Crippen molar-refractivity contribution in [3.05, 3.63) is 76.3 Å². The highest BCUT2D eigenvalue weighted by Gasteiger charge is 2.15. The van der Waals surface area contributed by atoms with E-state index < -0.39 is 18.5 Å². The van der Waals surface area contributed by atoms with E-state index in [1.807, 2.05) is 30.3 Å². The van der Waals surface area contributed by atoms with Crippen molar-refractivity contribution in [1.82, 2.24) is 9.96 Å². The molecular weight excluding hydrogens is 268 g/mol. The van der Waals surface area contributed by atoms with E-state index in [1.54, 1.807) is 18.2 Å². The molecule has 0 amide bonds. The van der Waals surface area contributed by atoms with Crippen molar-refractivity contribution in [2.75, 3.05) is 6.79 Å². The van der Waals surface area contributed by atoms with Crippen LogP contribution < -0.4 is 5.56 Å². The minimum Gasteiger partial charge on any atom is -0.371 e. The average Bonchev–Trinajstić information content (AvgIpc) is 2.57. The quantitative estimate of drug-likeness (QED) is 0.718. The molecule has 3 rings (SSSR count). The number of rotatable bonds is 4. The average molecular weight is 283 g/mol. The lowest BCUT2D eigenvalue weighted by Gasteiger charge is -2.17. The molecule has 1 unspecified atom stereocenters. The Morgan fingerprint density at radius 1 is 1.24 bits per heavy atom. The molecule has 5 heteroatoms. The van der Waals surface area contributed by atoms with Gasteiger partial charge in [-0.25, -0.2) is 4.98 Å². The summed E-state index contributed by atoms with van der Waals surface area (Å²) in [6.45, 7) is -0.437. The van der Waals surface area contributed by atoms with E-state index in [-0.39, 0.29) is 0 Å². The lowest BCUT2D eigenvalue weighted by atomic mass is 10.00. The molecule has 3 aromatic rings. The molecule has 0 saturated carbocycles. The number of hydrogen-bond acceptors (Lipinski definition) is 4. The normalized spacial score (nSPS) is 13.1. The van der Waals surface area contributed by atoms with Crippen LogP contribution >= 0.6 is 0 Å². The number of ether oxygens (including phenoxy) is 1. The minimum absolute atomic E-state index is 0.345. The van der Waals surface area contributed by atoms with Gasteiger partial charge in [0, 0.05) is 0 Å². The fourth-order valence-electron chi connectivity index (χ4n) is 2.30. The zero-order chi connectivity index (χ0) is 15.5. The Morgan fingerprint density at radius 2 is 2.05 bits per heavy atom. The number of aliphatic hydroxyl groups excluding tert-OH is 1. The summed E-state index contributed by atoms with van der Waals surface area (Å²) in [5.74, 6) is 0. The van der Waals surface area contributed by atoms with Crippen molar-refractivity contribution in [1.29, 1.82) is 0 Å². The van der Waals surface area contributed by atoms with Crippen molar-refractivity contribution in [2.24, 2.45) is 0 Å². The Balaban J connectivity index is 2.14. The Kier molecular flexibility index (Phi) is 3.42. The van der Waals surface area contributed by atoms with Crippen LogP contribution in [0.5, 0.6) is 0 Å². The number of aliphatic hydroxyl groups is 1. The lowest BCUT2D eigenvalue weighted by molar-refractivity contribution is -0.0349. The summed E-state index contributed by atoms with van der Waals surface area (Å²) >= 11 is 0. The van der Waals surface area contributed by atoms with Gasteiger partial charge in [-0.15, -0.1) is 0 Å². The molecule has 1 aromatic heterocycles. The standard InChI is InChI=1S/C16H14N2O3/c19-10-21-15(11-4-2-1-3-5-11)12-6-7-14-13(8-12)16(20)18-9-17-14/h1-9,15,19H,10H2,(H,17,18,20)/i/hD. The molecule has 2 aromatic carbocycles. The second-order valence-corrected chi connectivity index (χ2v) is 4.54. The third-order valence-electron chi connectivity index (χ3n) is 3.27. The number of aromatic nitrogens is 2. The molecule has 0 spiro atoms. The van der Waals surface area contributed by atoms with Crippen LogP contribution in [0.1, 0.15) is 17.2 Å². The van der Waals surface area contributed by atoms with Crippen LogP contribution in [0.2, 0.25) is 1.41 Å². The molecule has 0 aliphatic rings. The summed E-state index contributed by atoms with van der Waals surface area (Å²) in [5, 5.41) is 9.49. The molecule has 0 saturated heterocycles. The Hall–Kier alpha value is -2.50. The molecule has 1 atom stereocenters. The van der Waals surface area contributed by atoms with Gasteiger partial charge in [-0.2, -0.15) is 0 Å². The van der Waals surface area contributed by atoms with Gasteiger partial charge >= 0.3 is 0 Å².